The Morgan fingerprint density at radius 3 is 1.69 bits per heavy atom. The van der Waals surface area contributed by atoms with Gasteiger partial charge in [0.15, 0.2) is 0 Å². The maximum Gasteiger partial charge on any atom is 0.323 e. The molecule has 0 spiro atoms. The third kappa shape index (κ3) is 3.32. The molecule has 0 aliphatic heterocycles. The summed E-state index contributed by atoms with van der Waals surface area (Å²) in [7, 11) is 0. The van der Waals surface area contributed by atoms with Crippen molar-refractivity contribution in [2.24, 2.45) is 0 Å². The predicted molar refractivity (Wildman–Crippen MR) is 50.6 cm³/mol. The van der Waals surface area contributed by atoms with Gasteiger partial charge in [-0.25, -0.2) is 0 Å². The van der Waals surface area contributed by atoms with Crippen LogP contribution < -0.4 is 0 Å². The predicted octanol–water partition coefficient (Wildman–Crippen LogP) is 0.551. The second kappa shape index (κ2) is 5.19. The molecule has 0 rings (SSSR count). The van der Waals surface area contributed by atoms with Crippen LogP contribution in [0.4, 0.5) is 0 Å². The minimum Gasteiger partial charge on any atom is -0.480 e. The molecular formula is C9H19NO3. The molecular weight excluding hydrogens is 170 g/mol. The highest BCUT2D eigenvalue weighted by atomic mass is 16.4. The van der Waals surface area contributed by atoms with E-state index in [4.69, 9.17) is 10.2 Å². The topological polar surface area (TPSA) is 60.8 Å². The van der Waals surface area contributed by atoms with Crippen molar-refractivity contribution in [2.75, 3.05) is 6.61 Å². The normalized spacial score (nSPS) is 14.2. The van der Waals surface area contributed by atoms with Crippen LogP contribution in [0.5, 0.6) is 0 Å². The van der Waals surface area contributed by atoms with E-state index in [1.807, 2.05) is 27.7 Å². The first-order chi connectivity index (χ1) is 5.91. The SMILES string of the molecule is CC(C)N(C(C)C)C(CO)C(=O)O. The molecule has 0 saturated carbocycles. The Hall–Kier alpha value is -0.610. The number of carboxylic acids is 1. The van der Waals surface area contributed by atoms with E-state index in [-0.39, 0.29) is 18.7 Å². The molecule has 1 atom stereocenters. The maximum atomic E-state index is 10.8. The first kappa shape index (κ1) is 12.4. The number of rotatable bonds is 5. The molecule has 0 amide bonds. The standard InChI is InChI=1S/C9H19NO3/c1-6(2)10(7(3)4)8(5-11)9(12)13/h6-8,11H,5H2,1-4H3,(H,12,13). The van der Waals surface area contributed by atoms with Crippen LogP contribution in [0.1, 0.15) is 27.7 Å². The van der Waals surface area contributed by atoms with Gasteiger partial charge in [-0.05, 0) is 27.7 Å². The van der Waals surface area contributed by atoms with Crippen molar-refractivity contribution in [2.45, 2.75) is 45.8 Å². The van der Waals surface area contributed by atoms with E-state index >= 15 is 0 Å². The van der Waals surface area contributed by atoms with Gasteiger partial charge in [-0.2, -0.15) is 0 Å². The average Bonchev–Trinajstić information content (AvgIpc) is 1.97. The Morgan fingerprint density at radius 1 is 1.23 bits per heavy atom. The van der Waals surface area contributed by atoms with Crippen molar-refractivity contribution in [3.8, 4) is 0 Å². The van der Waals surface area contributed by atoms with Gasteiger partial charge in [0.1, 0.15) is 6.04 Å². The second-order valence-corrected chi connectivity index (χ2v) is 3.67. The van der Waals surface area contributed by atoms with Crippen molar-refractivity contribution in [3.63, 3.8) is 0 Å². The van der Waals surface area contributed by atoms with Gasteiger partial charge in [-0.1, -0.05) is 0 Å². The maximum absolute atomic E-state index is 10.8. The van der Waals surface area contributed by atoms with Crippen LogP contribution in [-0.4, -0.2) is 45.8 Å². The average molecular weight is 189 g/mol. The second-order valence-electron chi connectivity index (χ2n) is 3.67. The Labute approximate surface area is 79.2 Å². The first-order valence-corrected chi connectivity index (χ1v) is 4.52. The largest absolute Gasteiger partial charge is 0.480 e. The minimum atomic E-state index is -0.968. The lowest BCUT2D eigenvalue weighted by atomic mass is 10.1. The molecule has 4 nitrogen and oxygen atoms in total. The summed E-state index contributed by atoms with van der Waals surface area (Å²) in [6.45, 7) is 7.35. The van der Waals surface area contributed by atoms with Crippen molar-refractivity contribution in [3.05, 3.63) is 0 Å². The van der Waals surface area contributed by atoms with E-state index in [9.17, 15) is 4.79 Å². The Balaban J connectivity index is 4.59. The fourth-order valence-electron chi connectivity index (χ4n) is 1.62. The Kier molecular flexibility index (Phi) is 4.95. The summed E-state index contributed by atoms with van der Waals surface area (Å²) in [6.07, 6.45) is 0. The monoisotopic (exact) mass is 189 g/mol. The Morgan fingerprint density at radius 2 is 1.62 bits per heavy atom. The van der Waals surface area contributed by atoms with Gasteiger partial charge < -0.3 is 10.2 Å². The van der Waals surface area contributed by atoms with Gasteiger partial charge >= 0.3 is 5.97 Å². The van der Waals surface area contributed by atoms with E-state index in [2.05, 4.69) is 0 Å². The van der Waals surface area contributed by atoms with E-state index < -0.39 is 12.0 Å². The molecule has 2 N–H and O–H groups in total. The third-order valence-corrected chi connectivity index (χ3v) is 2.01. The summed E-state index contributed by atoms with van der Waals surface area (Å²) in [4.78, 5) is 12.6. The summed E-state index contributed by atoms with van der Waals surface area (Å²) >= 11 is 0. The molecule has 0 aliphatic rings. The van der Waals surface area contributed by atoms with Crippen LogP contribution in [0.2, 0.25) is 0 Å². The van der Waals surface area contributed by atoms with Gasteiger partial charge in [-0.3, -0.25) is 9.69 Å². The van der Waals surface area contributed by atoms with Crippen LogP contribution in [0.3, 0.4) is 0 Å². The summed E-state index contributed by atoms with van der Waals surface area (Å²) in [5.41, 5.74) is 0. The molecule has 0 bridgehead atoms. The van der Waals surface area contributed by atoms with Gasteiger partial charge in [0.05, 0.1) is 6.61 Å². The van der Waals surface area contributed by atoms with E-state index in [0.717, 1.165) is 0 Å². The molecule has 0 aromatic heterocycles. The number of nitrogens with zero attached hydrogens (tertiary/aromatic N) is 1. The molecule has 0 aromatic rings. The van der Waals surface area contributed by atoms with Crippen molar-refractivity contribution < 1.29 is 15.0 Å². The quantitative estimate of drug-likeness (QED) is 0.663. The van der Waals surface area contributed by atoms with Crippen LogP contribution in [0.25, 0.3) is 0 Å². The molecule has 0 aliphatic carbocycles. The highest BCUT2D eigenvalue weighted by molar-refractivity contribution is 5.73. The summed E-state index contributed by atoms with van der Waals surface area (Å²) in [5.74, 6) is -0.968. The van der Waals surface area contributed by atoms with Gasteiger partial charge in [0, 0.05) is 12.1 Å². The first-order valence-electron chi connectivity index (χ1n) is 4.52. The van der Waals surface area contributed by atoms with Gasteiger partial charge in [0.25, 0.3) is 0 Å². The number of aliphatic carboxylic acids is 1. The minimum absolute atomic E-state index is 0.119. The summed E-state index contributed by atoms with van der Waals surface area (Å²) in [5, 5.41) is 17.8. The van der Waals surface area contributed by atoms with Crippen LogP contribution in [-0.2, 0) is 4.79 Å². The molecule has 0 radical (unpaired) electrons. The molecule has 0 saturated heterocycles. The van der Waals surface area contributed by atoms with Crippen LogP contribution >= 0.6 is 0 Å². The number of aliphatic hydroxyl groups is 1. The summed E-state index contributed by atoms with van der Waals surface area (Å²) in [6, 6.07) is -0.554. The number of carbonyl (C=O) groups is 1. The van der Waals surface area contributed by atoms with Crippen molar-refractivity contribution in [1.82, 2.24) is 4.90 Å². The van der Waals surface area contributed by atoms with Gasteiger partial charge in [0.2, 0.25) is 0 Å². The molecule has 4 heteroatoms. The van der Waals surface area contributed by atoms with Crippen LogP contribution in [0.15, 0.2) is 0 Å². The van der Waals surface area contributed by atoms with Gasteiger partial charge in [-0.15, -0.1) is 0 Å². The zero-order valence-corrected chi connectivity index (χ0v) is 8.69. The highest BCUT2D eigenvalue weighted by Gasteiger charge is 2.28. The van der Waals surface area contributed by atoms with E-state index in [0.29, 0.717) is 0 Å². The lowest BCUT2D eigenvalue weighted by molar-refractivity contribution is -0.146. The molecule has 0 aromatic carbocycles. The zero-order valence-electron chi connectivity index (χ0n) is 8.69. The highest BCUT2D eigenvalue weighted by Crippen LogP contribution is 2.10. The number of carboxylic acid groups (broad SMARTS) is 1. The number of hydrogen-bond acceptors (Lipinski definition) is 3. The number of hydrogen-bond donors (Lipinski definition) is 2. The fraction of sp³-hybridized carbons (Fsp3) is 0.889. The fourth-order valence-corrected chi connectivity index (χ4v) is 1.62. The van der Waals surface area contributed by atoms with Crippen molar-refractivity contribution >= 4 is 5.97 Å². The molecule has 13 heavy (non-hydrogen) atoms. The lowest BCUT2D eigenvalue weighted by Crippen LogP contribution is -2.50. The van der Waals surface area contributed by atoms with Crippen molar-refractivity contribution in [1.29, 1.82) is 0 Å². The zero-order chi connectivity index (χ0) is 10.6. The lowest BCUT2D eigenvalue weighted by Gasteiger charge is -2.34. The third-order valence-electron chi connectivity index (χ3n) is 2.01. The summed E-state index contributed by atoms with van der Waals surface area (Å²) < 4.78 is 0. The number of aliphatic hydroxyl groups excluding tert-OH is 1. The van der Waals surface area contributed by atoms with E-state index in [1.54, 1.807) is 4.90 Å². The molecule has 78 valence electrons. The molecule has 0 heterocycles. The Bertz CT molecular complexity index is 160. The van der Waals surface area contributed by atoms with Crippen LogP contribution in [0, 0.1) is 0 Å². The van der Waals surface area contributed by atoms with E-state index in [1.165, 1.54) is 0 Å². The smallest absolute Gasteiger partial charge is 0.323 e. The molecule has 0 fully saturated rings. The molecule has 1 unspecified atom stereocenters.